The summed E-state index contributed by atoms with van der Waals surface area (Å²) in [5, 5.41) is 2.01. The van der Waals surface area contributed by atoms with Gasteiger partial charge in [-0.25, -0.2) is 0 Å². The van der Waals surface area contributed by atoms with Crippen LogP contribution in [-0.4, -0.2) is 6.66 Å². The summed E-state index contributed by atoms with van der Waals surface area (Å²) in [6, 6.07) is 16.0. The Morgan fingerprint density at radius 2 is 1.20 bits per heavy atom. The van der Waals surface area contributed by atoms with Gasteiger partial charge in [-0.15, -0.1) is 0 Å². The second kappa shape index (κ2) is 2.84. The van der Waals surface area contributed by atoms with E-state index in [9.17, 15) is 4.57 Å². The minimum absolute atomic E-state index is 1.01. The molecule has 0 spiro atoms. The van der Waals surface area contributed by atoms with Gasteiger partial charge in [0.2, 0.25) is 0 Å². The van der Waals surface area contributed by atoms with E-state index in [1.165, 1.54) is 0 Å². The zero-order valence-corrected chi connectivity index (χ0v) is 9.37. The smallest absolute Gasteiger partial charge is 0.141 e. The number of rotatable bonds is 0. The van der Waals surface area contributed by atoms with Crippen molar-refractivity contribution in [2.75, 3.05) is 6.66 Å². The van der Waals surface area contributed by atoms with Crippen molar-refractivity contribution in [2.24, 2.45) is 0 Å². The summed E-state index contributed by atoms with van der Waals surface area (Å²) in [5.74, 6) is 0. The van der Waals surface area contributed by atoms with Crippen molar-refractivity contribution >= 4 is 17.8 Å². The molecule has 74 valence electrons. The Morgan fingerprint density at radius 3 is 1.67 bits per heavy atom. The number of hydrogen-bond acceptors (Lipinski definition) is 1. The molecule has 1 aliphatic heterocycles. The van der Waals surface area contributed by atoms with Crippen molar-refractivity contribution in [1.82, 2.24) is 0 Å². The zero-order chi connectivity index (χ0) is 10.5. The highest BCUT2D eigenvalue weighted by Gasteiger charge is 2.33. The summed E-state index contributed by atoms with van der Waals surface area (Å²) in [5.41, 5.74) is 2.28. The molecule has 0 saturated heterocycles. The van der Waals surface area contributed by atoms with Gasteiger partial charge in [0.05, 0.1) is 0 Å². The van der Waals surface area contributed by atoms with E-state index >= 15 is 0 Å². The SMILES string of the molecule is CP1(=O)c2ccccc2-c2ccccc21. The van der Waals surface area contributed by atoms with Crippen LogP contribution >= 0.6 is 7.14 Å². The van der Waals surface area contributed by atoms with Crippen molar-refractivity contribution in [3.63, 3.8) is 0 Å². The van der Waals surface area contributed by atoms with Gasteiger partial charge in [-0.1, -0.05) is 48.5 Å². The third-order valence-corrected chi connectivity index (χ3v) is 5.64. The third kappa shape index (κ3) is 1.07. The van der Waals surface area contributed by atoms with Crippen LogP contribution in [0, 0.1) is 0 Å². The van der Waals surface area contributed by atoms with Gasteiger partial charge >= 0.3 is 0 Å². The normalized spacial score (nSPS) is 15.8. The molecular weight excluding hydrogens is 203 g/mol. The Bertz CT molecular complexity index is 537. The maximum atomic E-state index is 12.7. The maximum Gasteiger partial charge on any atom is 0.141 e. The fourth-order valence-corrected chi connectivity index (χ4v) is 4.59. The van der Waals surface area contributed by atoms with Crippen LogP contribution in [0.1, 0.15) is 0 Å². The first kappa shape index (κ1) is 8.94. The predicted octanol–water partition coefficient (Wildman–Crippen LogP) is 2.61. The van der Waals surface area contributed by atoms with Gasteiger partial charge in [0.15, 0.2) is 0 Å². The van der Waals surface area contributed by atoms with Crippen molar-refractivity contribution < 1.29 is 4.57 Å². The Morgan fingerprint density at radius 1 is 0.800 bits per heavy atom. The monoisotopic (exact) mass is 214 g/mol. The molecule has 0 atom stereocenters. The average molecular weight is 214 g/mol. The molecule has 0 aromatic heterocycles. The zero-order valence-electron chi connectivity index (χ0n) is 8.47. The van der Waals surface area contributed by atoms with E-state index in [-0.39, 0.29) is 0 Å². The molecular formula is C13H11OP. The van der Waals surface area contributed by atoms with E-state index in [2.05, 4.69) is 12.1 Å². The first-order valence-corrected chi connectivity index (χ1v) is 7.14. The Labute approximate surface area is 89.1 Å². The number of hydrogen-bond donors (Lipinski definition) is 0. The van der Waals surface area contributed by atoms with Crippen LogP contribution in [0.25, 0.3) is 11.1 Å². The Balaban J connectivity index is 2.47. The van der Waals surface area contributed by atoms with Gasteiger partial charge in [0.25, 0.3) is 0 Å². The van der Waals surface area contributed by atoms with Gasteiger partial charge in [-0.3, -0.25) is 0 Å². The summed E-state index contributed by atoms with van der Waals surface area (Å²) < 4.78 is 12.7. The summed E-state index contributed by atoms with van der Waals surface area (Å²) in [7, 11) is -2.32. The average Bonchev–Trinajstić information content (AvgIpc) is 2.51. The van der Waals surface area contributed by atoms with E-state index in [1.807, 2.05) is 43.1 Å². The van der Waals surface area contributed by atoms with Gasteiger partial charge in [0, 0.05) is 10.6 Å². The van der Waals surface area contributed by atoms with E-state index in [0.717, 1.165) is 21.7 Å². The molecule has 1 heterocycles. The largest absolute Gasteiger partial charge is 0.314 e. The van der Waals surface area contributed by atoms with E-state index < -0.39 is 7.14 Å². The van der Waals surface area contributed by atoms with Crippen molar-refractivity contribution in [2.45, 2.75) is 0 Å². The lowest BCUT2D eigenvalue weighted by Gasteiger charge is -2.06. The first-order chi connectivity index (χ1) is 7.21. The molecule has 0 fully saturated rings. The molecule has 1 nitrogen and oxygen atoms in total. The van der Waals surface area contributed by atoms with Crippen LogP contribution in [0.15, 0.2) is 48.5 Å². The van der Waals surface area contributed by atoms with Crippen molar-refractivity contribution in [1.29, 1.82) is 0 Å². The van der Waals surface area contributed by atoms with Gasteiger partial charge in [0.1, 0.15) is 7.14 Å². The highest BCUT2D eigenvalue weighted by molar-refractivity contribution is 7.79. The molecule has 2 heteroatoms. The van der Waals surface area contributed by atoms with Crippen LogP contribution in [0.3, 0.4) is 0 Å². The molecule has 0 amide bonds. The second-order valence-electron chi connectivity index (χ2n) is 3.96. The van der Waals surface area contributed by atoms with Gasteiger partial charge < -0.3 is 4.57 Å². The van der Waals surface area contributed by atoms with Crippen molar-refractivity contribution in [3.05, 3.63) is 48.5 Å². The first-order valence-electron chi connectivity index (χ1n) is 4.98. The van der Waals surface area contributed by atoms with Gasteiger partial charge in [-0.2, -0.15) is 0 Å². The minimum atomic E-state index is -2.32. The molecule has 0 radical (unpaired) electrons. The molecule has 15 heavy (non-hydrogen) atoms. The van der Waals surface area contributed by atoms with Gasteiger partial charge in [-0.05, 0) is 17.8 Å². The fraction of sp³-hybridized carbons (Fsp3) is 0.0769. The summed E-state index contributed by atoms with van der Waals surface area (Å²) in [4.78, 5) is 0. The van der Waals surface area contributed by atoms with E-state index in [1.54, 1.807) is 0 Å². The molecule has 0 unspecified atom stereocenters. The molecule has 1 aliphatic rings. The van der Waals surface area contributed by atoms with E-state index in [4.69, 9.17) is 0 Å². The maximum absolute atomic E-state index is 12.7. The quantitative estimate of drug-likeness (QED) is 0.616. The van der Waals surface area contributed by atoms with E-state index in [0.29, 0.717) is 0 Å². The number of fused-ring (bicyclic) bond motifs is 3. The second-order valence-corrected chi connectivity index (χ2v) is 6.77. The molecule has 2 aromatic carbocycles. The molecule has 0 saturated carbocycles. The number of benzene rings is 2. The summed E-state index contributed by atoms with van der Waals surface area (Å²) in [6.07, 6.45) is 0. The molecule has 3 rings (SSSR count). The topological polar surface area (TPSA) is 17.1 Å². The molecule has 0 bridgehead atoms. The molecule has 2 aromatic rings. The van der Waals surface area contributed by atoms with Crippen molar-refractivity contribution in [3.8, 4) is 11.1 Å². The standard InChI is InChI=1S/C13H11OP/c1-15(14)12-8-4-2-6-10(12)11-7-3-5-9-13(11)15/h2-9H,1H3. The lowest BCUT2D eigenvalue weighted by atomic mass is 10.1. The lowest BCUT2D eigenvalue weighted by molar-refractivity contribution is 0.591. The Kier molecular flexibility index (Phi) is 1.69. The van der Waals surface area contributed by atoms with Crippen LogP contribution in [0.2, 0.25) is 0 Å². The van der Waals surface area contributed by atoms with Crippen LogP contribution in [-0.2, 0) is 4.57 Å². The minimum Gasteiger partial charge on any atom is -0.314 e. The lowest BCUT2D eigenvalue weighted by Crippen LogP contribution is -2.07. The summed E-state index contributed by atoms with van der Waals surface area (Å²) >= 11 is 0. The Hall–Kier alpha value is -1.33. The molecule has 0 aliphatic carbocycles. The third-order valence-electron chi connectivity index (χ3n) is 3.02. The summed E-state index contributed by atoms with van der Waals surface area (Å²) in [6.45, 7) is 1.86. The van der Waals surface area contributed by atoms with Crippen LogP contribution < -0.4 is 10.6 Å². The molecule has 0 N–H and O–H groups in total. The van der Waals surface area contributed by atoms with Crippen LogP contribution in [0.4, 0.5) is 0 Å². The van der Waals surface area contributed by atoms with Crippen LogP contribution in [0.5, 0.6) is 0 Å². The highest BCUT2D eigenvalue weighted by Crippen LogP contribution is 2.49. The fourth-order valence-electron chi connectivity index (χ4n) is 2.28. The highest BCUT2D eigenvalue weighted by atomic mass is 31.2. The predicted molar refractivity (Wildman–Crippen MR) is 64.7 cm³/mol.